The third kappa shape index (κ3) is 11.1. The highest BCUT2D eigenvalue weighted by Gasteiger charge is 2.12. The van der Waals surface area contributed by atoms with E-state index in [0.717, 1.165) is 11.7 Å². The Kier molecular flexibility index (Phi) is 11.5. The van der Waals surface area contributed by atoms with Gasteiger partial charge in [0.05, 0.1) is 0 Å². The van der Waals surface area contributed by atoms with E-state index in [2.05, 4.69) is 75.3 Å². The summed E-state index contributed by atoms with van der Waals surface area (Å²) in [4.78, 5) is 3.87. The van der Waals surface area contributed by atoms with Crippen molar-refractivity contribution < 1.29 is 0 Å². The second-order valence-corrected chi connectivity index (χ2v) is 8.72. The molecule has 0 spiro atoms. The first-order chi connectivity index (χ1) is 11.5. The zero-order chi connectivity index (χ0) is 17.8. The highest BCUT2D eigenvalue weighted by atomic mass is 32.2. The lowest BCUT2D eigenvalue weighted by atomic mass is 10.1. The summed E-state index contributed by atoms with van der Waals surface area (Å²) in [6.07, 6.45) is 5.27. The molecular formula is C21H38N2S. The second kappa shape index (κ2) is 12.8. The molecule has 0 aliphatic rings. The Morgan fingerprint density at radius 1 is 0.958 bits per heavy atom. The van der Waals surface area contributed by atoms with Crippen molar-refractivity contribution in [3.8, 4) is 0 Å². The third-order valence-electron chi connectivity index (χ3n) is 4.19. The number of thioether (sulfide) groups is 1. The molecule has 0 aliphatic carbocycles. The van der Waals surface area contributed by atoms with Crippen LogP contribution in [0.5, 0.6) is 0 Å². The Bertz CT molecular complexity index is 406. The van der Waals surface area contributed by atoms with Gasteiger partial charge in [0, 0.05) is 22.7 Å². The van der Waals surface area contributed by atoms with E-state index < -0.39 is 0 Å². The smallest absolute Gasteiger partial charge is 0.0176 e. The molecule has 1 aromatic rings. The number of nitrogens with zero attached hydrogens (tertiary/aromatic N) is 1. The molecule has 1 rings (SSSR count). The van der Waals surface area contributed by atoms with Gasteiger partial charge in [-0.1, -0.05) is 58.7 Å². The van der Waals surface area contributed by atoms with Crippen molar-refractivity contribution >= 4 is 11.8 Å². The Morgan fingerprint density at radius 2 is 1.67 bits per heavy atom. The van der Waals surface area contributed by atoms with E-state index in [1.165, 1.54) is 43.7 Å². The van der Waals surface area contributed by atoms with Crippen molar-refractivity contribution in [2.75, 3.05) is 25.9 Å². The number of benzene rings is 1. The van der Waals surface area contributed by atoms with Gasteiger partial charge in [-0.3, -0.25) is 0 Å². The molecule has 0 bridgehead atoms. The fourth-order valence-corrected chi connectivity index (χ4v) is 3.83. The summed E-state index contributed by atoms with van der Waals surface area (Å²) >= 11 is 1.97. The summed E-state index contributed by atoms with van der Waals surface area (Å²) in [6.45, 7) is 11.5. The first-order valence-electron chi connectivity index (χ1n) is 9.59. The molecule has 0 heterocycles. The minimum Gasteiger partial charge on any atom is -0.311 e. The summed E-state index contributed by atoms with van der Waals surface area (Å²) < 4.78 is 0. The van der Waals surface area contributed by atoms with E-state index in [1.54, 1.807) is 0 Å². The summed E-state index contributed by atoms with van der Waals surface area (Å²) in [7, 11) is 2.27. The molecule has 0 saturated carbocycles. The summed E-state index contributed by atoms with van der Waals surface area (Å²) in [6, 6.07) is 11.9. The first kappa shape index (κ1) is 21.5. The SMILES string of the molecule is CC(C)CCCCN(C)CCC(CSc1ccccc1)NC(C)C. The van der Waals surface area contributed by atoms with Crippen LogP contribution in [0.25, 0.3) is 0 Å². The van der Waals surface area contributed by atoms with Crippen LogP contribution in [-0.2, 0) is 0 Å². The normalized spacial score (nSPS) is 13.2. The van der Waals surface area contributed by atoms with Gasteiger partial charge in [0.2, 0.25) is 0 Å². The lowest BCUT2D eigenvalue weighted by Gasteiger charge is -2.24. The van der Waals surface area contributed by atoms with E-state index >= 15 is 0 Å². The molecule has 2 nitrogen and oxygen atoms in total. The maximum absolute atomic E-state index is 3.74. The predicted octanol–water partition coefficient (Wildman–Crippen LogP) is 5.29. The van der Waals surface area contributed by atoms with Crippen molar-refractivity contribution in [3.05, 3.63) is 30.3 Å². The minimum atomic E-state index is 0.544. The molecule has 24 heavy (non-hydrogen) atoms. The zero-order valence-electron chi connectivity index (χ0n) is 16.4. The van der Waals surface area contributed by atoms with Gasteiger partial charge in [-0.05, 0) is 51.0 Å². The molecular weight excluding hydrogens is 312 g/mol. The van der Waals surface area contributed by atoms with Crippen LogP contribution in [0, 0.1) is 5.92 Å². The van der Waals surface area contributed by atoms with Gasteiger partial charge in [0.15, 0.2) is 0 Å². The largest absolute Gasteiger partial charge is 0.311 e. The van der Waals surface area contributed by atoms with E-state index in [9.17, 15) is 0 Å². The molecule has 1 aromatic carbocycles. The fourth-order valence-electron chi connectivity index (χ4n) is 2.82. The van der Waals surface area contributed by atoms with Gasteiger partial charge in [0.25, 0.3) is 0 Å². The topological polar surface area (TPSA) is 15.3 Å². The van der Waals surface area contributed by atoms with Crippen LogP contribution >= 0.6 is 11.8 Å². The monoisotopic (exact) mass is 350 g/mol. The molecule has 0 fully saturated rings. The number of hydrogen-bond donors (Lipinski definition) is 1. The van der Waals surface area contributed by atoms with Crippen molar-refractivity contribution in [2.24, 2.45) is 5.92 Å². The lowest BCUT2D eigenvalue weighted by molar-refractivity contribution is 0.298. The number of unbranched alkanes of at least 4 members (excludes halogenated alkanes) is 1. The molecule has 1 unspecified atom stereocenters. The van der Waals surface area contributed by atoms with Gasteiger partial charge in [-0.25, -0.2) is 0 Å². The summed E-state index contributed by atoms with van der Waals surface area (Å²) in [5, 5.41) is 3.74. The molecule has 0 saturated heterocycles. The molecule has 0 aromatic heterocycles. The third-order valence-corrected chi connectivity index (χ3v) is 5.37. The van der Waals surface area contributed by atoms with Crippen molar-refractivity contribution in [1.29, 1.82) is 0 Å². The Hall–Kier alpha value is -0.510. The van der Waals surface area contributed by atoms with Gasteiger partial charge < -0.3 is 10.2 Å². The summed E-state index contributed by atoms with van der Waals surface area (Å²) in [5.74, 6) is 1.98. The van der Waals surface area contributed by atoms with Crippen molar-refractivity contribution in [1.82, 2.24) is 10.2 Å². The summed E-state index contributed by atoms with van der Waals surface area (Å²) in [5.41, 5.74) is 0. The second-order valence-electron chi connectivity index (χ2n) is 7.62. The van der Waals surface area contributed by atoms with Gasteiger partial charge in [-0.15, -0.1) is 11.8 Å². The molecule has 0 radical (unpaired) electrons. The van der Waals surface area contributed by atoms with Crippen molar-refractivity contribution in [3.63, 3.8) is 0 Å². The number of rotatable bonds is 13. The van der Waals surface area contributed by atoms with Gasteiger partial charge in [-0.2, -0.15) is 0 Å². The average molecular weight is 351 g/mol. The molecule has 0 aliphatic heterocycles. The van der Waals surface area contributed by atoms with E-state index in [1.807, 2.05) is 11.8 Å². The van der Waals surface area contributed by atoms with Crippen LogP contribution in [0.15, 0.2) is 35.2 Å². The van der Waals surface area contributed by atoms with E-state index in [4.69, 9.17) is 0 Å². The quantitative estimate of drug-likeness (QED) is 0.384. The highest BCUT2D eigenvalue weighted by molar-refractivity contribution is 7.99. The predicted molar refractivity (Wildman–Crippen MR) is 110 cm³/mol. The Labute approximate surface area is 154 Å². The molecule has 1 atom stereocenters. The van der Waals surface area contributed by atoms with Crippen LogP contribution in [0.2, 0.25) is 0 Å². The number of hydrogen-bond acceptors (Lipinski definition) is 3. The van der Waals surface area contributed by atoms with Crippen LogP contribution in [0.1, 0.15) is 53.4 Å². The molecule has 138 valence electrons. The fraction of sp³-hybridized carbons (Fsp3) is 0.714. The first-order valence-corrected chi connectivity index (χ1v) is 10.6. The average Bonchev–Trinajstić information content (AvgIpc) is 2.54. The standard InChI is InChI=1S/C21H38N2S/c1-18(2)11-9-10-15-23(5)16-14-20(22-19(3)4)17-24-21-12-7-6-8-13-21/h6-8,12-13,18-20,22H,9-11,14-17H2,1-5H3. The maximum Gasteiger partial charge on any atom is 0.0176 e. The maximum atomic E-state index is 3.74. The Morgan fingerprint density at radius 3 is 2.29 bits per heavy atom. The minimum absolute atomic E-state index is 0.544. The number of nitrogens with one attached hydrogen (secondary N) is 1. The Balaban J connectivity index is 2.28. The highest BCUT2D eigenvalue weighted by Crippen LogP contribution is 2.19. The lowest BCUT2D eigenvalue weighted by Crippen LogP contribution is -2.39. The van der Waals surface area contributed by atoms with Crippen LogP contribution < -0.4 is 5.32 Å². The molecule has 3 heteroatoms. The van der Waals surface area contributed by atoms with Crippen LogP contribution in [-0.4, -0.2) is 42.9 Å². The van der Waals surface area contributed by atoms with E-state index in [-0.39, 0.29) is 0 Å². The van der Waals surface area contributed by atoms with Crippen LogP contribution in [0.4, 0.5) is 0 Å². The van der Waals surface area contributed by atoms with Gasteiger partial charge in [0.1, 0.15) is 0 Å². The van der Waals surface area contributed by atoms with Crippen molar-refractivity contribution in [2.45, 2.75) is 70.4 Å². The van der Waals surface area contributed by atoms with Crippen LogP contribution in [0.3, 0.4) is 0 Å². The zero-order valence-corrected chi connectivity index (χ0v) is 17.2. The van der Waals surface area contributed by atoms with E-state index in [0.29, 0.717) is 12.1 Å². The van der Waals surface area contributed by atoms with Gasteiger partial charge >= 0.3 is 0 Å². The molecule has 0 amide bonds. The molecule has 1 N–H and O–H groups in total.